The Morgan fingerprint density at radius 2 is 1.73 bits per heavy atom. The largest absolute Gasteiger partial charge is 0.493 e. The van der Waals surface area contributed by atoms with E-state index >= 15 is 0 Å². The van der Waals surface area contributed by atoms with E-state index in [2.05, 4.69) is 0 Å². The molecule has 2 aromatic rings. The highest BCUT2D eigenvalue weighted by Crippen LogP contribution is 2.28. The van der Waals surface area contributed by atoms with Gasteiger partial charge in [-0.25, -0.2) is 4.39 Å². The first-order valence-electron chi connectivity index (χ1n) is 8.36. The molecule has 0 aliphatic carbocycles. The van der Waals surface area contributed by atoms with E-state index in [0.29, 0.717) is 30.2 Å². The van der Waals surface area contributed by atoms with E-state index in [0.717, 1.165) is 5.56 Å². The third-order valence-electron chi connectivity index (χ3n) is 3.98. The molecule has 2 rings (SSSR count). The average molecular weight is 361 g/mol. The number of carbonyl (C=O) groups excluding carboxylic acids is 1. The molecule has 0 radical (unpaired) electrons. The molecule has 0 saturated heterocycles. The van der Waals surface area contributed by atoms with Crippen LogP contribution in [0.15, 0.2) is 42.5 Å². The van der Waals surface area contributed by atoms with Crippen molar-refractivity contribution in [2.24, 2.45) is 0 Å². The Balaban J connectivity index is 2.05. The summed E-state index contributed by atoms with van der Waals surface area (Å²) in [5.74, 6) is 1.22. The summed E-state index contributed by atoms with van der Waals surface area (Å²) in [5.41, 5.74) is 0.912. The fourth-order valence-electron chi connectivity index (χ4n) is 2.56. The Bertz CT molecular complexity index is 733. The lowest BCUT2D eigenvalue weighted by Crippen LogP contribution is -2.39. The smallest absolute Gasteiger partial charge is 0.263 e. The number of hydrogen-bond acceptors (Lipinski definition) is 4. The fourth-order valence-corrected chi connectivity index (χ4v) is 2.56. The van der Waals surface area contributed by atoms with Crippen molar-refractivity contribution in [3.8, 4) is 17.2 Å². The molecular formula is C20H24FNO4. The van der Waals surface area contributed by atoms with Crippen LogP contribution in [0, 0.1) is 5.82 Å². The maximum atomic E-state index is 13.0. The average Bonchev–Trinajstić information content (AvgIpc) is 2.66. The zero-order valence-corrected chi connectivity index (χ0v) is 15.5. The number of likely N-dealkylation sites (N-methyl/N-ethyl adjacent to an activating group) is 1. The minimum atomic E-state index is -0.634. The Kier molecular flexibility index (Phi) is 6.83. The number of hydrogen-bond donors (Lipinski definition) is 0. The van der Waals surface area contributed by atoms with Gasteiger partial charge in [-0.15, -0.1) is 0 Å². The van der Waals surface area contributed by atoms with Crippen LogP contribution in [0.2, 0.25) is 0 Å². The lowest BCUT2D eigenvalue weighted by molar-refractivity contribution is -0.138. The maximum absolute atomic E-state index is 13.0. The van der Waals surface area contributed by atoms with Gasteiger partial charge in [0.05, 0.1) is 14.2 Å². The minimum absolute atomic E-state index is 0.147. The molecule has 1 amide bonds. The third-order valence-corrected chi connectivity index (χ3v) is 3.98. The van der Waals surface area contributed by atoms with Crippen molar-refractivity contribution in [3.05, 3.63) is 53.8 Å². The lowest BCUT2D eigenvalue weighted by atomic mass is 10.1. The van der Waals surface area contributed by atoms with Crippen molar-refractivity contribution in [2.45, 2.75) is 26.0 Å². The Labute approximate surface area is 153 Å². The van der Waals surface area contributed by atoms with Crippen molar-refractivity contribution in [3.63, 3.8) is 0 Å². The fraction of sp³-hybridized carbons (Fsp3) is 0.350. The van der Waals surface area contributed by atoms with Crippen LogP contribution in [-0.2, 0) is 11.3 Å². The number of nitrogens with zero attached hydrogens (tertiary/aromatic N) is 1. The van der Waals surface area contributed by atoms with Gasteiger partial charge in [0.2, 0.25) is 0 Å². The molecule has 0 N–H and O–H groups in total. The van der Waals surface area contributed by atoms with E-state index in [4.69, 9.17) is 14.2 Å². The number of halogens is 1. The summed E-state index contributed by atoms with van der Waals surface area (Å²) in [6.07, 6.45) is -0.127. The van der Waals surface area contributed by atoms with Gasteiger partial charge < -0.3 is 19.1 Å². The highest BCUT2D eigenvalue weighted by molar-refractivity contribution is 5.81. The van der Waals surface area contributed by atoms with Gasteiger partial charge in [0.1, 0.15) is 11.6 Å². The van der Waals surface area contributed by atoms with Gasteiger partial charge in [0, 0.05) is 13.6 Å². The minimum Gasteiger partial charge on any atom is -0.493 e. The first-order valence-corrected chi connectivity index (χ1v) is 8.36. The van der Waals surface area contributed by atoms with Crippen molar-refractivity contribution in [1.82, 2.24) is 4.90 Å². The summed E-state index contributed by atoms with van der Waals surface area (Å²) < 4.78 is 29.2. The molecule has 0 unspecified atom stereocenters. The number of benzene rings is 2. The maximum Gasteiger partial charge on any atom is 0.263 e. The molecule has 26 heavy (non-hydrogen) atoms. The summed E-state index contributed by atoms with van der Waals surface area (Å²) in [5, 5.41) is 0. The summed E-state index contributed by atoms with van der Waals surface area (Å²) >= 11 is 0. The van der Waals surface area contributed by atoms with E-state index in [1.165, 1.54) is 24.3 Å². The first-order chi connectivity index (χ1) is 12.5. The second kappa shape index (κ2) is 9.08. The molecule has 0 aromatic heterocycles. The topological polar surface area (TPSA) is 48.0 Å². The Morgan fingerprint density at radius 1 is 1.08 bits per heavy atom. The summed E-state index contributed by atoms with van der Waals surface area (Å²) in [6.45, 7) is 2.28. The van der Waals surface area contributed by atoms with Crippen LogP contribution < -0.4 is 14.2 Å². The SMILES string of the molecule is CC[C@@H](Oc1ccc(F)cc1)C(=O)N(C)Cc1ccc(OC)c(OC)c1. The van der Waals surface area contributed by atoms with Gasteiger partial charge in [-0.05, 0) is 48.4 Å². The second-order valence-corrected chi connectivity index (χ2v) is 5.85. The molecule has 0 spiro atoms. The van der Waals surface area contributed by atoms with Crippen LogP contribution in [0.5, 0.6) is 17.2 Å². The third kappa shape index (κ3) is 4.88. The summed E-state index contributed by atoms with van der Waals surface area (Å²) in [4.78, 5) is 14.3. The normalized spacial score (nSPS) is 11.6. The number of rotatable bonds is 8. The second-order valence-electron chi connectivity index (χ2n) is 5.85. The standard InChI is InChI=1S/C20H24FNO4/c1-5-17(26-16-9-7-15(21)8-10-16)20(23)22(2)13-14-6-11-18(24-3)19(12-14)25-4/h6-12,17H,5,13H2,1-4H3/t17-/m1/s1. The Morgan fingerprint density at radius 3 is 2.31 bits per heavy atom. The lowest BCUT2D eigenvalue weighted by Gasteiger charge is -2.24. The van der Waals surface area contributed by atoms with Crippen molar-refractivity contribution in [1.29, 1.82) is 0 Å². The van der Waals surface area contributed by atoms with Gasteiger partial charge in [0.25, 0.3) is 5.91 Å². The molecule has 5 nitrogen and oxygen atoms in total. The van der Waals surface area contributed by atoms with Crippen LogP contribution in [0.4, 0.5) is 4.39 Å². The van der Waals surface area contributed by atoms with Gasteiger partial charge in [0.15, 0.2) is 17.6 Å². The predicted molar refractivity (Wildman–Crippen MR) is 97.1 cm³/mol. The van der Waals surface area contributed by atoms with Crippen LogP contribution in [0.25, 0.3) is 0 Å². The van der Waals surface area contributed by atoms with Crippen molar-refractivity contribution < 1.29 is 23.4 Å². The van der Waals surface area contributed by atoms with Gasteiger partial charge in [-0.3, -0.25) is 4.79 Å². The molecule has 140 valence electrons. The number of amides is 1. The molecule has 0 aliphatic heterocycles. The molecule has 6 heteroatoms. The molecule has 0 aliphatic rings. The zero-order valence-electron chi connectivity index (χ0n) is 15.5. The molecule has 0 fully saturated rings. The van der Waals surface area contributed by atoms with Crippen LogP contribution in [0.1, 0.15) is 18.9 Å². The van der Waals surface area contributed by atoms with Crippen LogP contribution in [-0.4, -0.2) is 38.2 Å². The van der Waals surface area contributed by atoms with Gasteiger partial charge in [-0.1, -0.05) is 13.0 Å². The van der Waals surface area contributed by atoms with Gasteiger partial charge >= 0.3 is 0 Å². The van der Waals surface area contributed by atoms with E-state index in [-0.39, 0.29) is 11.7 Å². The summed E-state index contributed by atoms with van der Waals surface area (Å²) in [6, 6.07) is 11.2. The van der Waals surface area contributed by atoms with Crippen molar-refractivity contribution >= 4 is 5.91 Å². The molecule has 2 aromatic carbocycles. The van der Waals surface area contributed by atoms with Gasteiger partial charge in [-0.2, -0.15) is 0 Å². The van der Waals surface area contributed by atoms with E-state index in [9.17, 15) is 9.18 Å². The highest BCUT2D eigenvalue weighted by Gasteiger charge is 2.22. The molecule has 0 saturated carbocycles. The monoisotopic (exact) mass is 361 g/mol. The zero-order chi connectivity index (χ0) is 19.1. The number of methoxy groups -OCH3 is 2. The predicted octanol–water partition coefficient (Wildman–Crippen LogP) is 3.66. The van der Waals surface area contributed by atoms with E-state index in [1.807, 2.05) is 19.1 Å². The van der Waals surface area contributed by atoms with Crippen molar-refractivity contribution in [2.75, 3.05) is 21.3 Å². The first kappa shape index (κ1) is 19.6. The molecule has 0 bridgehead atoms. The van der Waals surface area contributed by atoms with E-state index in [1.54, 1.807) is 32.2 Å². The number of ether oxygens (including phenoxy) is 3. The number of carbonyl (C=O) groups is 1. The highest BCUT2D eigenvalue weighted by atomic mass is 19.1. The molecule has 0 heterocycles. The van der Waals surface area contributed by atoms with Crippen LogP contribution in [0.3, 0.4) is 0 Å². The quantitative estimate of drug-likeness (QED) is 0.720. The molecular weight excluding hydrogens is 337 g/mol. The Hall–Kier alpha value is -2.76. The van der Waals surface area contributed by atoms with E-state index < -0.39 is 6.10 Å². The molecule has 1 atom stereocenters. The summed E-state index contributed by atoms with van der Waals surface area (Å²) in [7, 11) is 4.86. The van der Waals surface area contributed by atoms with Crippen LogP contribution >= 0.6 is 0 Å².